The van der Waals surface area contributed by atoms with Crippen LogP contribution in [-0.4, -0.2) is 28.1 Å². The Morgan fingerprint density at radius 3 is 2.79 bits per heavy atom. The molecule has 0 aliphatic heterocycles. The van der Waals surface area contributed by atoms with Crippen LogP contribution in [0.3, 0.4) is 0 Å². The van der Waals surface area contributed by atoms with E-state index in [9.17, 15) is 8.42 Å². The summed E-state index contributed by atoms with van der Waals surface area (Å²) in [5, 5.41) is 0. The minimum absolute atomic E-state index is 0.112. The van der Waals surface area contributed by atoms with Gasteiger partial charge in [0.1, 0.15) is 5.75 Å². The van der Waals surface area contributed by atoms with Crippen molar-refractivity contribution in [2.75, 3.05) is 13.7 Å². The van der Waals surface area contributed by atoms with Crippen LogP contribution in [0.25, 0.3) is 0 Å². The SMILES string of the molecule is COc1ccc(Br)c(S(=O)(=O)NCC(N)C2CC2)c1. The molecule has 106 valence electrons. The highest BCUT2D eigenvalue weighted by Crippen LogP contribution is 2.31. The summed E-state index contributed by atoms with van der Waals surface area (Å²) >= 11 is 3.24. The minimum atomic E-state index is -3.58. The molecule has 2 rings (SSSR count). The van der Waals surface area contributed by atoms with Gasteiger partial charge in [-0.05, 0) is 46.8 Å². The maximum atomic E-state index is 12.2. The third kappa shape index (κ3) is 3.68. The average Bonchev–Trinajstić information content (AvgIpc) is 3.20. The summed E-state index contributed by atoms with van der Waals surface area (Å²) in [6.45, 7) is 0.261. The second-order valence-electron chi connectivity index (χ2n) is 4.65. The number of benzene rings is 1. The van der Waals surface area contributed by atoms with E-state index in [-0.39, 0.29) is 17.5 Å². The van der Waals surface area contributed by atoms with Crippen molar-refractivity contribution in [3.63, 3.8) is 0 Å². The number of nitrogens with two attached hydrogens (primary N) is 1. The van der Waals surface area contributed by atoms with Crippen LogP contribution >= 0.6 is 15.9 Å². The predicted molar refractivity (Wildman–Crippen MR) is 76.6 cm³/mol. The van der Waals surface area contributed by atoms with Gasteiger partial charge in [0.15, 0.2) is 0 Å². The van der Waals surface area contributed by atoms with Gasteiger partial charge in [-0.25, -0.2) is 13.1 Å². The van der Waals surface area contributed by atoms with Gasteiger partial charge >= 0.3 is 0 Å². The number of hydrogen-bond donors (Lipinski definition) is 2. The number of methoxy groups -OCH3 is 1. The second kappa shape index (κ2) is 5.78. The fraction of sp³-hybridized carbons (Fsp3) is 0.500. The first kappa shape index (κ1) is 14.8. The van der Waals surface area contributed by atoms with E-state index in [4.69, 9.17) is 10.5 Å². The van der Waals surface area contributed by atoms with E-state index < -0.39 is 10.0 Å². The molecule has 7 heteroatoms. The highest BCUT2D eigenvalue weighted by Gasteiger charge is 2.29. The number of ether oxygens (including phenoxy) is 1. The van der Waals surface area contributed by atoms with Gasteiger partial charge in [-0.2, -0.15) is 0 Å². The molecule has 1 fully saturated rings. The van der Waals surface area contributed by atoms with Gasteiger partial charge in [0.2, 0.25) is 10.0 Å². The minimum Gasteiger partial charge on any atom is -0.497 e. The summed E-state index contributed by atoms with van der Waals surface area (Å²) in [5.41, 5.74) is 5.90. The summed E-state index contributed by atoms with van der Waals surface area (Å²) in [6, 6.07) is 4.71. The molecule has 0 heterocycles. The molecule has 0 amide bonds. The Hall–Kier alpha value is -0.630. The zero-order valence-electron chi connectivity index (χ0n) is 10.6. The third-order valence-corrected chi connectivity index (χ3v) is 5.58. The molecule has 1 atom stereocenters. The van der Waals surface area contributed by atoms with Crippen molar-refractivity contribution < 1.29 is 13.2 Å². The smallest absolute Gasteiger partial charge is 0.241 e. The van der Waals surface area contributed by atoms with Crippen molar-refractivity contribution in [1.29, 1.82) is 0 Å². The largest absolute Gasteiger partial charge is 0.497 e. The van der Waals surface area contributed by atoms with Gasteiger partial charge in [-0.15, -0.1) is 0 Å². The van der Waals surface area contributed by atoms with Crippen molar-refractivity contribution >= 4 is 26.0 Å². The number of nitrogens with one attached hydrogen (secondary N) is 1. The molecule has 1 aromatic carbocycles. The van der Waals surface area contributed by atoms with Crippen LogP contribution in [0, 0.1) is 5.92 Å². The molecule has 1 unspecified atom stereocenters. The first-order valence-corrected chi connectivity index (χ1v) is 8.30. The van der Waals surface area contributed by atoms with Crippen molar-refractivity contribution in [3.05, 3.63) is 22.7 Å². The van der Waals surface area contributed by atoms with E-state index >= 15 is 0 Å². The third-order valence-electron chi connectivity index (χ3n) is 3.16. The molecule has 1 aliphatic carbocycles. The number of hydrogen-bond acceptors (Lipinski definition) is 4. The van der Waals surface area contributed by atoms with Crippen LogP contribution in [0.5, 0.6) is 5.75 Å². The molecule has 1 saturated carbocycles. The molecule has 5 nitrogen and oxygen atoms in total. The maximum Gasteiger partial charge on any atom is 0.241 e. The Balaban J connectivity index is 2.13. The quantitative estimate of drug-likeness (QED) is 0.815. The fourth-order valence-corrected chi connectivity index (χ4v) is 3.84. The van der Waals surface area contributed by atoms with Crippen molar-refractivity contribution in [1.82, 2.24) is 4.72 Å². The lowest BCUT2D eigenvalue weighted by atomic mass is 10.2. The maximum absolute atomic E-state index is 12.2. The molecule has 19 heavy (non-hydrogen) atoms. The van der Waals surface area contributed by atoms with Crippen LogP contribution in [0.1, 0.15) is 12.8 Å². The normalized spacial score (nSPS) is 17.2. The van der Waals surface area contributed by atoms with Gasteiger partial charge in [0.05, 0.1) is 12.0 Å². The van der Waals surface area contributed by atoms with Gasteiger partial charge < -0.3 is 10.5 Å². The lowest BCUT2D eigenvalue weighted by Gasteiger charge is -2.13. The molecule has 0 aromatic heterocycles. The lowest BCUT2D eigenvalue weighted by molar-refractivity contribution is 0.413. The van der Waals surface area contributed by atoms with Crippen LogP contribution in [0.15, 0.2) is 27.6 Å². The summed E-state index contributed by atoms with van der Waals surface area (Å²) in [5.74, 6) is 0.950. The highest BCUT2D eigenvalue weighted by atomic mass is 79.9. The molecule has 1 aliphatic rings. The van der Waals surface area contributed by atoms with Crippen molar-refractivity contribution in [2.24, 2.45) is 11.7 Å². The van der Waals surface area contributed by atoms with Gasteiger partial charge in [0, 0.05) is 23.1 Å². The Morgan fingerprint density at radius 2 is 2.21 bits per heavy atom. The molecule has 0 radical (unpaired) electrons. The standard InChI is InChI=1S/C12H17BrN2O3S/c1-18-9-4-5-10(13)12(6-9)19(16,17)15-7-11(14)8-2-3-8/h4-6,8,11,15H,2-3,7,14H2,1H3. The van der Waals surface area contributed by atoms with E-state index in [2.05, 4.69) is 20.7 Å². The number of sulfonamides is 1. The monoisotopic (exact) mass is 348 g/mol. The highest BCUT2D eigenvalue weighted by molar-refractivity contribution is 9.10. The Labute approximate surface area is 121 Å². The van der Waals surface area contributed by atoms with Crippen LogP contribution in [0.4, 0.5) is 0 Å². The molecule has 0 spiro atoms. The first-order chi connectivity index (χ1) is 8.94. The second-order valence-corrected chi connectivity index (χ2v) is 7.24. The summed E-state index contributed by atoms with van der Waals surface area (Å²) in [7, 11) is -2.09. The first-order valence-electron chi connectivity index (χ1n) is 6.03. The molecular formula is C12H17BrN2O3S. The van der Waals surface area contributed by atoms with Crippen LogP contribution in [0.2, 0.25) is 0 Å². The van der Waals surface area contributed by atoms with E-state index in [0.29, 0.717) is 16.1 Å². The Kier molecular flexibility index (Phi) is 4.50. The predicted octanol–water partition coefficient (Wildman–Crippen LogP) is 1.47. The summed E-state index contributed by atoms with van der Waals surface area (Å²) < 4.78 is 32.5. The van der Waals surface area contributed by atoms with Crippen LogP contribution < -0.4 is 15.2 Å². The van der Waals surface area contributed by atoms with E-state index in [1.807, 2.05) is 0 Å². The Bertz CT molecular complexity index is 558. The zero-order valence-corrected chi connectivity index (χ0v) is 13.0. The zero-order chi connectivity index (χ0) is 14.0. The van der Waals surface area contributed by atoms with Crippen LogP contribution in [-0.2, 0) is 10.0 Å². The molecule has 0 bridgehead atoms. The van der Waals surface area contributed by atoms with E-state index in [1.54, 1.807) is 12.1 Å². The molecule has 1 aromatic rings. The van der Waals surface area contributed by atoms with E-state index in [0.717, 1.165) is 12.8 Å². The molecule has 3 N–H and O–H groups in total. The lowest BCUT2D eigenvalue weighted by Crippen LogP contribution is -2.38. The van der Waals surface area contributed by atoms with Gasteiger partial charge in [-0.3, -0.25) is 0 Å². The molecule has 0 saturated heterocycles. The number of rotatable bonds is 6. The van der Waals surface area contributed by atoms with Gasteiger partial charge in [0.25, 0.3) is 0 Å². The van der Waals surface area contributed by atoms with Crippen molar-refractivity contribution in [3.8, 4) is 5.75 Å². The Morgan fingerprint density at radius 1 is 1.53 bits per heavy atom. The summed E-state index contributed by atoms with van der Waals surface area (Å²) in [4.78, 5) is 0.162. The topological polar surface area (TPSA) is 81.4 Å². The van der Waals surface area contributed by atoms with Crippen molar-refractivity contribution in [2.45, 2.75) is 23.8 Å². The number of halogens is 1. The molecular weight excluding hydrogens is 332 g/mol. The average molecular weight is 349 g/mol. The summed E-state index contributed by atoms with van der Waals surface area (Å²) in [6.07, 6.45) is 2.18. The van der Waals surface area contributed by atoms with E-state index in [1.165, 1.54) is 13.2 Å². The fourth-order valence-electron chi connectivity index (χ4n) is 1.79. The van der Waals surface area contributed by atoms with Gasteiger partial charge in [-0.1, -0.05) is 0 Å².